The molecule has 1 spiro atoms. The van der Waals surface area contributed by atoms with Crippen LogP contribution < -0.4 is 5.32 Å². The second-order valence-electron chi connectivity index (χ2n) is 6.93. The SMILES string of the molecule is CN1CC[C@@]2(CC[C@H](c3cccc(-c4ccc(F)cc4)c3)N2)C1=O. The number of likely N-dealkylation sites (N-methyl/N-ethyl adjacent to an activating group) is 1. The van der Waals surface area contributed by atoms with Crippen LogP contribution in [0.4, 0.5) is 4.39 Å². The zero-order valence-corrected chi connectivity index (χ0v) is 13.8. The van der Waals surface area contributed by atoms with E-state index in [9.17, 15) is 9.18 Å². The number of amides is 1. The van der Waals surface area contributed by atoms with E-state index in [2.05, 4.69) is 17.4 Å². The maximum absolute atomic E-state index is 13.1. The third-order valence-electron chi connectivity index (χ3n) is 5.41. The molecular formula is C20H21FN2O. The van der Waals surface area contributed by atoms with Crippen molar-refractivity contribution >= 4 is 5.91 Å². The lowest BCUT2D eigenvalue weighted by Crippen LogP contribution is -2.47. The van der Waals surface area contributed by atoms with Crippen LogP contribution in [0.25, 0.3) is 11.1 Å². The molecule has 4 heteroatoms. The molecule has 2 heterocycles. The third kappa shape index (κ3) is 2.51. The second kappa shape index (κ2) is 5.71. The van der Waals surface area contributed by atoms with Crippen LogP contribution in [0.15, 0.2) is 48.5 Å². The van der Waals surface area contributed by atoms with Gasteiger partial charge in [0, 0.05) is 19.6 Å². The van der Waals surface area contributed by atoms with Crippen molar-refractivity contribution in [1.82, 2.24) is 10.2 Å². The van der Waals surface area contributed by atoms with Crippen molar-refractivity contribution in [1.29, 1.82) is 0 Å². The summed E-state index contributed by atoms with van der Waals surface area (Å²) in [5.41, 5.74) is 2.90. The molecule has 1 N–H and O–H groups in total. The van der Waals surface area contributed by atoms with Gasteiger partial charge in [-0.2, -0.15) is 0 Å². The lowest BCUT2D eigenvalue weighted by atomic mass is 9.95. The lowest BCUT2D eigenvalue weighted by molar-refractivity contribution is -0.131. The Morgan fingerprint density at radius 3 is 2.62 bits per heavy atom. The molecule has 2 atom stereocenters. The first-order valence-corrected chi connectivity index (χ1v) is 8.47. The molecule has 2 aliphatic heterocycles. The van der Waals surface area contributed by atoms with Crippen LogP contribution in [0.3, 0.4) is 0 Å². The monoisotopic (exact) mass is 324 g/mol. The average molecular weight is 324 g/mol. The van der Waals surface area contributed by atoms with E-state index in [-0.39, 0.29) is 23.3 Å². The van der Waals surface area contributed by atoms with Gasteiger partial charge in [-0.3, -0.25) is 10.1 Å². The molecule has 2 aliphatic rings. The molecule has 4 rings (SSSR count). The summed E-state index contributed by atoms with van der Waals surface area (Å²) in [6, 6.07) is 15.1. The largest absolute Gasteiger partial charge is 0.344 e. The van der Waals surface area contributed by atoms with Crippen LogP contribution in [-0.2, 0) is 4.79 Å². The Kier molecular flexibility index (Phi) is 3.65. The van der Waals surface area contributed by atoms with E-state index in [0.29, 0.717) is 0 Å². The molecule has 0 aromatic heterocycles. The zero-order chi connectivity index (χ0) is 16.7. The van der Waals surface area contributed by atoms with Crippen LogP contribution in [0.2, 0.25) is 0 Å². The van der Waals surface area contributed by atoms with Gasteiger partial charge in [0.15, 0.2) is 0 Å². The van der Waals surface area contributed by atoms with Gasteiger partial charge in [-0.15, -0.1) is 0 Å². The maximum Gasteiger partial charge on any atom is 0.242 e. The van der Waals surface area contributed by atoms with Gasteiger partial charge < -0.3 is 4.90 Å². The summed E-state index contributed by atoms with van der Waals surface area (Å²) < 4.78 is 13.1. The Hall–Kier alpha value is -2.20. The molecule has 0 radical (unpaired) electrons. The van der Waals surface area contributed by atoms with Gasteiger partial charge in [-0.1, -0.05) is 30.3 Å². The minimum atomic E-state index is -0.370. The molecule has 0 bridgehead atoms. The molecular weight excluding hydrogens is 303 g/mol. The first-order valence-electron chi connectivity index (χ1n) is 8.47. The van der Waals surface area contributed by atoms with Crippen LogP contribution in [0, 0.1) is 5.82 Å². The fraction of sp³-hybridized carbons (Fsp3) is 0.350. The predicted molar refractivity (Wildman–Crippen MR) is 91.9 cm³/mol. The fourth-order valence-electron chi connectivity index (χ4n) is 3.99. The number of hydrogen-bond acceptors (Lipinski definition) is 2. The normalized spacial score (nSPS) is 26.5. The van der Waals surface area contributed by atoms with Crippen molar-refractivity contribution in [3.63, 3.8) is 0 Å². The van der Waals surface area contributed by atoms with Crippen LogP contribution in [-0.4, -0.2) is 29.9 Å². The molecule has 0 saturated carbocycles. The molecule has 0 unspecified atom stereocenters. The standard InChI is InChI=1S/C20H21FN2O/c1-23-12-11-20(19(23)24)10-9-18(22-20)16-4-2-3-15(13-16)14-5-7-17(21)8-6-14/h2-8,13,18,22H,9-12H2,1H3/t18-,20+/m1/s1. The van der Waals surface area contributed by atoms with E-state index in [0.717, 1.165) is 36.9 Å². The van der Waals surface area contributed by atoms with E-state index in [1.165, 1.54) is 17.7 Å². The minimum Gasteiger partial charge on any atom is -0.344 e. The number of nitrogens with one attached hydrogen (secondary N) is 1. The number of benzene rings is 2. The van der Waals surface area contributed by atoms with Gasteiger partial charge in [0.2, 0.25) is 5.91 Å². The van der Waals surface area contributed by atoms with Gasteiger partial charge in [0.1, 0.15) is 11.4 Å². The van der Waals surface area contributed by atoms with E-state index in [4.69, 9.17) is 0 Å². The summed E-state index contributed by atoms with van der Waals surface area (Å²) in [7, 11) is 1.88. The summed E-state index contributed by atoms with van der Waals surface area (Å²) in [6.45, 7) is 0.828. The zero-order valence-electron chi connectivity index (χ0n) is 13.8. The number of carbonyl (C=O) groups is 1. The first-order chi connectivity index (χ1) is 11.6. The van der Waals surface area contributed by atoms with Crippen molar-refractivity contribution < 1.29 is 9.18 Å². The molecule has 3 nitrogen and oxygen atoms in total. The quantitative estimate of drug-likeness (QED) is 0.917. The van der Waals surface area contributed by atoms with Crippen molar-refractivity contribution in [2.24, 2.45) is 0 Å². The third-order valence-corrected chi connectivity index (χ3v) is 5.41. The topological polar surface area (TPSA) is 32.3 Å². The van der Waals surface area contributed by atoms with Crippen LogP contribution in [0.5, 0.6) is 0 Å². The summed E-state index contributed by atoms with van der Waals surface area (Å²) in [6.07, 6.45) is 2.74. The highest BCUT2D eigenvalue weighted by molar-refractivity contribution is 5.88. The summed E-state index contributed by atoms with van der Waals surface area (Å²) in [5.74, 6) is -0.00198. The van der Waals surface area contributed by atoms with Crippen molar-refractivity contribution in [2.75, 3.05) is 13.6 Å². The molecule has 124 valence electrons. The number of carbonyl (C=O) groups excluding carboxylic acids is 1. The molecule has 2 fully saturated rings. The van der Waals surface area contributed by atoms with Crippen LogP contribution in [0.1, 0.15) is 30.9 Å². The Morgan fingerprint density at radius 2 is 1.92 bits per heavy atom. The highest BCUT2D eigenvalue weighted by atomic mass is 19.1. The summed E-state index contributed by atoms with van der Waals surface area (Å²) in [4.78, 5) is 14.3. The van der Waals surface area contributed by atoms with E-state index >= 15 is 0 Å². The van der Waals surface area contributed by atoms with Crippen molar-refractivity contribution in [2.45, 2.75) is 30.8 Å². The van der Waals surface area contributed by atoms with Gasteiger partial charge in [0.05, 0.1) is 0 Å². The first kappa shape index (κ1) is 15.3. The molecule has 2 aromatic rings. The van der Waals surface area contributed by atoms with E-state index in [1.54, 1.807) is 12.1 Å². The highest BCUT2D eigenvalue weighted by Crippen LogP contribution is 2.39. The molecule has 2 saturated heterocycles. The Labute approximate surface area is 141 Å². The summed E-state index contributed by atoms with van der Waals surface area (Å²) in [5, 5.41) is 3.60. The Bertz CT molecular complexity index is 773. The lowest BCUT2D eigenvalue weighted by Gasteiger charge is -2.23. The van der Waals surface area contributed by atoms with E-state index < -0.39 is 0 Å². The van der Waals surface area contributed by atoms with Crippen LogP contribution >= 0.6 is 0 Å². The number of likely N-dealkylation sites (tertiary alicyclic amines) is 1. The predicted octanol–water partition coefficient (Wildman–Crippen LogP) is 3.52. The molecule has 24 heavy (non-hydrogen) atoms. The van der Waals surface area contributed by atoms with Gasteiger partial charge in [0.25, 0.3) is 0 Å². The van der Waals surface area contributed by atoms with Gasteiger partial charge in [-0.25, -0.2) is 4.39 Å². The smallest absolute Gasteiger partial charge is 0.242 e. The number of nitrogens with zero attached hydrogens (tertiary/aromatic N) is 1. The van der Waals surface area contributed by atoms with Crippen molar-refractivity contribution in [3.8, 4) is 11.1 Å². The average Bonchev–Trinajstić information content (AvgIpc) is 3.16. The number of halogens is 1. The number of hydrogen-bond donors (Lipinski definition) is 1. The highest BCUT2D eigenvalue weighted by Gasteiger charge is 2.49. The van der Waals surface area contributed by atoms with Gasteiger partial charge >= 0.3 is 0 Å². The molecule has 0 aliphatic carbocycles. The van der Waals surface area contributed by atoms with Crippen molar-refractivity contribution in [3.05, 3.63) is 59.9 Å². The fourth-order valence-corrected chi connectivity index (χ4v) is 3.99. The Morgan fingerprint density at radius 1 is 1.12 bits per heavy atom. The molecule has 2 aromatic carbocycles. The minimum absolute atomic E-state index is 0.195. The Balaban J connectivity index is 1.59. The summed E-state index contributed by atoms with van der Waals surface area (Å²) >= 11 is 0. The molecule has 1 amide bonds. The maximum atomic E-state index is 13.1. The second-order valence-corrected chi connectivity index (χ2v) is 6.93. The van der Waals surface area contributed by atoms with Gasteiger partial charge in [-0.05, 0) is 54.2 Å². The number of rotatable bonds is 2. The van der Waals surface area contributed by atoms with E-state index in [1.807, 2.05) is 24.1 Å².